The van der Waals surface area contributed by atoms with Crippen LogP contribution in [0.3, 0.4) is 0 Å². The lowest BCUT2D eigenvalue weighted by molar-refractivity contribution is 0.0927. The predicted octanol–water partition coefficient (Wildman–Crippen LogP) is 2.22. The van der Waals surface area contributed by atoms with E-state index in [0.717, 1.165) is 37.3 Å². The van der Waals surface area contributed by atoms with E-state index in [2.05, 4.69) is 25.8 Å². The first-order valence-corrected chi connectivity index (χ1v) is 8.90. The molecule has 1 fully saturated rings. The Labute approximate surface area is 142 Å². The number of benzene rings is 1. The fraction of sp³-hybridized carbons (Fsp3) is 0.474. The Bertz CT molecular complexity index is 718. The highest BCUT2D eigenvalue weighted by Crippen LogP contribution is 2.16. The van der Waals surface area contributed by atoms with Gasteiger partial charge < -0.3 is 9.88 Å². The van der Waals surface area contributed by atoms with E-state index < -0.39 is 0 Å². The molecule has 2 aliphatic rings. The molecule has 1 amide bonds. The molecule has 3 heterocycles. The van der Waals surface area contributed by atoms with E-state index in [1.54, 1.807) is 0 Å². The molecule has 126 valence electrons. The van der Waals surface area contributed by atoms with Crippen molar-refractivity contribution in [3.8, 4) is 0 Å². The summed E-state index contributed by atoms with van der Waals surface area (Å²) in [5.74, 6) is 1.15. The van der Waals surface area contributed by atoms with Gasteiger partial charge in [0.2, 0.25) is 0 Å². The molecule has 0 spiro atoms. The summed E-state index contributed by atoms with van der Waals surface area (Å²) in [5.41, 5.74) is 1.99. The summed E-state index contributed by atoms with van der Waals surface area (Å²) in [6.07, 6.45) is 8.28. The minimum Gasteiger partial charge on any atom is -0.347 e. The molecule has 5 nitrogen and oxygen atoms in total. The van der Waals surface area contributed by atoms with Crippen LogP contribution in [0.15, 0.2) is 36.7 Å². The Kier molecular flexibility index (Phi) is 4.34. The fourth-order valence-electron chi connectivity index (χ4n) is 3.76. The van der Waals surface area contributed by atoms with Gasteiger partial charge in [-0.1, -0.05) is 12.1 Å². The maximum atomic E-state index is 12.6. The van der Waals surface area contributed by atoms with Crippen molar-refractivity contribution in [3.05, 3.63) is 53.6 Å². The zero-order chi connectivity index (χ0) is 16.4. The number of carbonyl (C=O) groups is 1. The molecule has 1 N–H and O–H groups in total. The Morgan fingerprint density at radius 2 is 2.17 bits per heavy atom. The van der Waals surface area contributed by atoms with Crippen molar-refractivity contribution in [1.82, 2.24) is 19.8 Å². The van der Waals surface area contributed by atoms with Crippen LogP contribution >= 0.6 is 0 Å². The number of hydrogen-bond acceptors (Lipinski definition) is 3. The molecule has 1 atom stereocenters. The number of aryl methyl sites for hydroxylation is 1. The summed E-state index contributed by atoms with van der Waals surface area (Å²) in [6, 6.07) is 8.25. The van der Waals surface area contributed by atoms with Crippen molar-refractivity contribution in [2.75, 3.05) is 13.1 Å². The third kappa shape index (κ3) is 3.36. The second-order valence-corrected chi connectivity index (χ2v) is 6.89. The van der Waals surface area contributed by atoms with Gasteiger partial charge in [0, 0.05) is 43.5 Å². The van der Waals surface area contributed by atoms with Crippen LogP contribution in [0.5, 0.6) is 0 Å². The molecule has 1 aromatic heterocycles. The zero-order valence-corrected chi connectivity index (χ0v) is 13.9. The molecule has 4 rings (SSSR count). The molecular formula is C19H24N4O. The molecule has 2 aromatic rings. The summed E-state index contributed by atoms with van der Waals surface area (Å²) >= 11 is 0. The highest BCUT2D eigenvalue weighted by Gasteiger charge is 2.21. The maximum Gasteiger partial charge on any atom is 0.251 e. The molecule has 0 bridgehead atoms. The number of amides is 1. The van der Waals surface area contributed by atoms with Crippen LogP contribution in [0.2, 0.25) is 0 Å². The number of nitrogens with one attached hydrogen (secondary N) is 1. The summed E-state index contributed by atoms with van der Waals surface area (Å²) in [6.45, 7) is 4.11. The summed E-state index contributed by atoms with van der Waals surface area (Å²) in [5, 5.41) is 3.19. The minimum atomic E-state index is 0.0341. The SMILES string of the molecule is O=C(NC1CCc2nccn2C1)c1cccc(CN2CCCC2)c1. The molecule has 1 unspecified atom stereocenters. The molecule has 1 saturated heterocycles. The van der Waals surface area contributed by atoms with Crippen molar-refractivity contribution in [3.63, 3.8) is 0 Å². The van der Waals surface area contributed by atoms with Gasteiger partial charge in [0.15, 0.2) is 0 Å². The van der Waals surface area contributed by atoms with E-state index in [-0.39, 0.29) is 11.9 Å². The molecule has 0 aliphatic carbocycles. The van der Waals surface area contributed by atoms with Gasteiger partial charge in [-0.05, 0) is 50.0 Å². The van der Waals surface area contributed by atoms with Gasteiger partial charge in [0.05, 0.1) is 0 Å². The first-order valence-electron chi connectivity index (χ1n) is 8.90. The second-order valence-electron chi connectivity index (χ2n) is 6.89. The standard InChI is InChI=1S/C19H24N4O/c24-19(21-17-6-7-18-20-8-11-23(18)14-17)16-5-3-4-15(12-16)13-22-9-1-2-10-22/h3-5,8,11-12,17H,1-2,6-7,9-10,13-14H2,(H,21,24). The van der Waals surface area contributed by atoms with Crippen molar-refractivity contribution in [1.29, 1.82) is 0 Å². The number of carbonyl (C=O) groups excluding carboxylic acids is 1. The molecule has 5 heteroatoms. The van der Waals surface area contributed by atoms with E-state index in [0.29, 0.717) is 0 Å². The maximum absolute atomic E-state index is 12.6. The van der Waals surface area contributed by atoms with Crippen LogP contribution in [0.4, 0.5) is 0 Å². The molecule has 0 saturated carbocycles. The lowest BCUT2D eigenvalue weighted by atomic mass is 10.1. The molecular weight excluding hydrogens is 300 g/mol. The summed E-state index contributed by atoms with van der Waals surface area (Å²) in [7, 11) is 0. The van der Waals surface area contributed by atoms with Gasteiger partial charge in [-0.25, -0.2) is 4.98 Å². The minimum absolute atomic E-state index is 0.0341. The Morgan fingerprint density at radius 1 is 1.29 bits per heavy atom. The van der Waals surface area contributed by atoms with E-state index in [1.165, 1.54) is 31.5 Å². The van der Waals surface area contributed by atoms with Crippen LogP contribution in [-0.4, -0.2) is 39.5 Å². The van der Waals surface area contributed by atoms with Crippen molar-refractivity contribution >= 4 is 5.91 Å². The largest absolute Gasteiger partial charge is 0.347 e. The van der Waals surface area contributed by atoms with Crippen LogP contribution in [0, 0.1) is 0 Å². The van der Waals surface area contributed by atoms with Crippen LogP contribution in [-0.2, 0) is 19.5 Å². The zero-order valence-electron chi connectivity index (χ0n) is 13.9. The normalized spacial score (nSPS) is 20.8. The lowest BCUT2D eigenvalue weighted by Crippen LogP contribution is -2.40. The molecule has 2 aliphatic heterocycles. The average molecular weight is 324 g/mol. The highest BCUT2D eigenvalue weighted by atomic mass is 16.1. The van der Waals surface area contributed by atoms with Gasteiger partial charge in [-0.2, -0.15) is 0 Å². The summed E-state index contributed by atoms with van der Waals surface area (Å²) in [4.78, 5) is 19.4. The number of rotatable bonds is 4. The van der Waals surface area contributed by atoms with E-state index in [4.69, 9.17) is 0 Å². The van der Waals surface area contributed by atoms with Crippen LogP contribution in [0.1, 0.15) is 41.0 Å². The monoisotopic (exact) mass is 324 g/mol. The van der Waals surface area contributed by atoms with Gasteiger partial charge >= 0.3 is 0 Å². The first kappa shape index (κ1) is 15.4. The van der Waals surface area contributed by atoms with Gasteiger partial charge in [-0.15, -0.1) is 0 Å². The number of nitrogens with zero attached hydrogens (tertiary/aromatic N) is 3. The number of imidazole rings is 1. The third-order valence-corrected chi connectivity index (χ3v) is 5.06. The Hall–Kier alpha value is -2.14. The van der Waals surface area contributed by atoms with Crippen LogP contribution in [0.25, 0.3) is 0 Å². The van der Waals surface area contributed by atoms with Crippen molar-refractivity contribution in [2.45, 2.75) is 44.8 Å². The number of hydrogen-bond donors (Lipinski definition) is 1. The van der Waals surface area contributed by atoms with E-state index >= 15 is 0 Å². The average Bonchev–Trinajstić information content (AvgIpc) is 3.26. The topological polar surface area (TPSA) is 50.2 Å². The Balaban J connectivity index is 1.39. The lowest BCUT2D eigenvalue weighted by Gasteiger charge is -2.25. The number of fused-ring (bicyclic) bond motifs is 1. The smallest absolute Gasteiger partial charge is 0.251 e. The highest BCUT2D eigenvalue weighted by molar-refractivity contribution is 5.94. The van der Waals surface area contributed by atoms with Gasteiger partial charge in [0.1, 0.15) is 5.82 Å². The molecule has 1 aromatic carbocycles. The quantitative estimate of drug-likeness (QED) is 0.938. The Morgan fingerprint density at radius 3 is 3.04 bits per heavy atom. The third-order valence-electron chi connectivity index (χ3n) is 5.06. The number of likely N-dealkylation sites (tertiary alicyclic amines) is 1. The molecule has 24 heavy (non-hydrogen) atoms. The van der Waals surface area contributed by atoms with Crippen molar-refractivity contribution in [2.24, 2.45) is 0 Å². The van der Waals surface area contributed by atoms with E-state index in [1.807, 2.05) is 30.6 Å². The van der Waals surface area contributed by atoms with Gasteiger partial charge in [0.25, 0.3) is 5.91 Å². The number of aromatic nitrogens is 2. The predicted molar refractivity (Wildman–Crippen MR) is 92.8 cm³/mol. The summed E-state index contributed by atoms with van der Waals surface area (Å²) < 4.78 is 2.14. The first-order chi connectivity index (χ1) is 11.8. The fourth-order valence-corrected chi connectivity index (χ4v) is 3.76. The van der Waals surface area contributed by atoms with Crippen LogP contribution < -0.4 is 5.32 Å². The second kappa shape index (κ2) is 6.77. The molecule has 0 radical (unpaired) electrons. The van der Waals surface area contributed by atoms with Crippen molar-refractivity contribution < 1.29 is 4.79 Å². The van der Waals surface area contributed by atoms with Gasteiger partial charge in [-0.3, -0.25) is 9.69 Å². The van der Waals surface area contributed by atoms with E-state index in [9.17, 15) is 4.79 Å².